The molecule has 2 aliphatic heterocycles. The van der Waals surface area contributed by atoms with Crippen LogP contribution in [-0.4, -0.2) is 67.2 Å². The molecule has 2 aliphatic carbocycles. The van der Waals surface area contributed by atoms with Crippen LogP contribution < -0.4 is 11.1 Å². The lowest BCUT2D eigenvalue weighted by Gasteiger charge is -2.26. The van der Waals surface area contributed by atoms with Crippen LogP contribution in [0, 0.1) is 11.3 Å². The van der Waals surface area contributed by atoms with E-state index in [4.69, 9.17) is 19.4 Å². The van der Waals surface area contributed by atoms with Crippen molar-refractivity contribution in [2.75, 3.05) is 26.3 Å². The maximum Gasteiger partial charge on any atom is 0.299 e. The summed E-state index contributed by atoms with van der Waals surface area (Å²) in [5.74, 6) is -2.31. The summed E-state index contributed by atoms with van der Waals surface area (Å²) >= 11 is 0. The minimum Gasteiger partial charge on any atom is -0.483 e. The maximum absolute atomic E-state index is 14.7. The summed E-state index contributed by atoms with van der Waals surface area (Å²) in [5.41, 5.74) is 6.45. The van der Waals surface area contributed by atoms with Crippen LogP contribution >= 0.6 is 0 Å². The number of likely N-dealkylation sites (tertiary alicyclic amines) is 1. The number of fused-ring (bicyclic) bond motifs is 4. The Morgan fingerprint density at radius 2 is 1.72 bits per heavy atom. The molecule has 212 valence electrons. The molecule has 10 heteroatoms. The molecule has 3 unspecified atom stereocenters. The van der Waals surface area contributed by atoms with E-state index in [1.807, 2.05) is 4.90 Å². The van der Waals surface area contributed by atoms with Crippen molar-refractivity contribution in [3.05, 3.63) is 59.2 Å². The van der Waals surface area contributed by atoms with Crippen LogP contribution in [0.15, 0.2) is 42.5 Å². The molecule has 2 amide bonds. The predicted molar refractivity (Wildman–Crippen MR) is 143 cm³/mol. The van der Waals surface area contributed by atoms with Gasteiger partial charge >= 0.3 is 0 Å². The summed E-state index contributed by atoms with van der Waals surface area (Å²) in [6.45, 7) is 10.2. The Balaban J connectivity index is 0.000000295. The molecule has 4 aliphatic rings. The molecule has 4 N–H and O–H groups in total. The molecule has 8 nitrogen and oxygen atoms in total. The number of rotatable bonds is 2. The lowest BCUT2D eigenvalue weighted by atomic mass is 9.99. The number of hydrogen-bond donors (Lipinski definition) is 3. The number of piperidine rings is 1. The van der Waals surface area contributed by atoms with Crippen molar-refractivity contribution in [2.24, 2.45) is 17.1 Å². The number of primary amides is 1. The van der Waals surface area contributed by atoms with Crippen molar-refractivity contribution in [1.29, 1.82) is 0 Å². The first-order valence-electron chi connectivity index (χ1n) is 13.0. The third-order valence-electron chi connectivity index (χ3n) is 8.06. The van der Waals surface area contributed by atoms with Crippen molar-refractivity contribution in [2.45, 2.75) is 51.6 Å². The Morgan fingerprint density at radius 3 is 2.26 bits per heavy atom. The Labute approximate surface area is 227 Å². The van der Waals surface area contributed by atoms with Crippen LogP contribution in [0.25, 0.3) is 11.1 Å². The smallest absolute Gasteiger partial charge is 0.299 e. The number of alkyl halides is 2. The van der Waals surface area contributed by atoms with Crippen LogP contribution in [0.5, 0.6) is 0 Å². The zero-order valence-electron chi connectivity index (χ0n) is 22.5. The molecule has 2 saturated heterocycles. The second-order valence-electron chi connectivity index (χ2n) is 10.4. The van der Waals surface area contributed by atoms with Gasteiger partial charge in [-0.3, -0.25) is 14.4 Å². The molecule has 2 aromatic carbocycles. The minimum absolute atomic E-state index is 0.0397. The van der Waals surface area contributed by atoms with Crippen LogP contribution in [0.4, 0.5) is 8.78 Å². The molecule has 39 heavy (non-hydrogen) atoms. The fraction of sp³-hybridized carbons (Fsp3) is 0.483. The lowest BCUT2D eigenvalue weighted by Crippen LogP contribution is -2.38. The van der Waals surface area contributed by atoms with E-state index in [2.05, 4.69) is 31.8 Å². The molecular formula is C29H37F2N3O5. The van der Waals surface area contributed by atoms with E-state index >= 15 is 0 Å². The molecular weight excluding hydrogens is 508 g/mol. The number of morpholine rings is 1. The summed E-state index contributed by atoms with van der Waals surface area (Å²) < 4.78 is 34.4. The van der Waals surface area contributed by atoms with E-state index in [-0.39, 0.29) is 47.8 Å². The largest absolute Gasteiger partial charge is 0.483 e. The Bertz CT molecular complexity index is 1160. The van der Waals surface area contributed by atoms with Gasteiger partial charge in [-0.15, -0.1) is 0 Å². The lowest BCUT2D eigenvalue weighted by molar-refractivity contribution is -0.132. The van der Waals surface area contributed by atoms with Crippen LogP contribution in [0.1, 0.15) is 43.9 Å². The van der Waals surface area contributed by atoms with Gasteiger partial charge in [0.25, 0.3) is 12.4 Å². The van der Waals surface area contributed by atoms with Crippen LogP contribution in [0.3, 0.4) is 0 Å². The number of hydrogen-bond acceptors (Lipinski definition) is 5. The molecule has 2 heterocycles. The van der Waals surface area contributed by atoms with Gasteiger partial charge in [0.2, 0.25) is 12.3 Å². The van der Waals surface area contributed by atoms with Gasteiger partial charge in [0.1, 0.15) is 0 Å². The number of carboxylic acid groups (broad SMARTS) is 1. The molecule has 0 spiro atoms. The zero-order chi connectivity index (χ0) is 28.8. The van der Waals surface area contributed by atoms with E-state index < -0.39 is 5.92 Å². The number of nitrogens with two attached hydrogens (primary N) is 1. The van der Waals surface area contributed by atoms with Gasteiger partial charge in [-0.1, -0.05) is 56.3 Å². The summed E-state index contributed by atoms with van der Waals surface area (Å²) in [7, 11) is 0. The summed E-state index contributed by atoms with van der Waals surface area (Å²) in [6, 6.07) is 12.2. The van der Waals surface area contributed by atoms with E-state index in [1.54, 1.807) is 30.3 Å². The number of carbonyl (C=O) groups excluding carboxylic acids is 2. The van der Waals surface area contributed by atoms with Gasteiger partial charge in [-0.2, -0.15) is 8.78 Å². The van der Waals surface area contributed by atoms with Gasteiger partial charge in [-0.05, 0) is 41.4 Å². The zero-order valence-corrected chi connectivity index (χ0v) is 22.5. The molecule has 4 atom stereocenters. The number of carbonyl (C=O) groups is 3. The maximum atomic E-state index is 14.7. The van der Waals surface area contributed by atoms with Gasteiger partial charge in [-0.25, -0.2) is 0 Å². The van der Waals surface area contributed by atoms with Gasteiger partial charge < -0.3 is 25.8 Å². The Morgan fingerprint density at radius 1 is 1.13 bits per heavy atom. The van der Waals surface area contributed by atoms with E-state index in [1.165, 1.54) is 12.1 Å². The highest BCUT2D eigenvalue weighted by molar-refractivity contribution is 5.83. The topological polar surface area (TPSA) is 122 Å². The molecule has 1 saturated carbocycles. The second kappa shape index (κ2) is 12.7. The Hall–Kier alpha value is -3.37. The SMILES string of the molecule is C1COCCN1.CC1C[C@]2(C)C(C)C2N1C(=O)Cc1ccc2c(c1)-c1ccccc1C2(F)F.NC=O.O=CO. The molecule has 0 bridgehead atoms. The summed E-state index contributed by atoms with van der Waals surface area (Å²) in [5, 5.41) is 10.0. The van der Waals surface area contributed by atoms with Gasteiger partial charge in [0.05, 0.1) is 19.6 Å². The fourth-order valence-electron chi connectivity index (χ4n) is 6.16. The highest BCUT2D eigenvalue weighted by Gasteiger charge is 2.67. The normalized spacial score (nSPS) is 26.5. The average Bonchev–Trinajstić information content (AvgIpc) is 3.18. The van der Waals surface area contributed by atoms with Gasteiger partial charge in [0, 0.05) is 36.3 Å². The van der Waals surface area contributed by atoms with Gasteiger partial charge in [0.15, 0.2) is 0 Å². The van der Waals surface area contributed by atoms with Crippen molar-refractivity contribution in [1.82, 2.24) is 10.2 Å². The second-order valence-corrected chi connectivity index (χ2v) is 10.4. The molecule has 0 aromatic heterocycles. The van der Waals surface area contributed by atoms with Crippen molar-refractivity contribution in [3.8, 4) is 11.1 Å². The van der Waals surface area contributed by atoms with E-state index in [0.717, 1.165) is 38.3 Å². The first-order valence-corrected chi connectivity index (χ1v) is 13.0. The van der Waals surface area contributed by atoms with E-state index in [0.29, 0.717) is 23.1 Å². The fourth-order valence-corrected chi connectivity index (χ4v) is 6.16. The standard InChI is InChI=1S/C23H23F2NO.C4H9NO.CH3NO.CH2O2/c1-13-12-22(3)14(2)21(22)26(13)20(27)11-15-8-9-19-17(10-15)16-6-4-5-7-18(16)23(19,24)25;1-3-6-4-2-5-1;2*2-1-3/h4-10,13-14,21H,11-12H2,1-3H3;5H,1-4H2;1H,(H2,2,3);1H,(H,2,3)/t13?,14?,21?,22-;;;/m1.../s1. The Kier molecular flexibility index (Phi) is 9.79. The van der Waals surface area contributed by atoms with Crippen LogP contribution in [-0.2, 0) is 31.5 Å². The van der Waals surface area contributed by atoms with Crippen molar-refractivity contribution < 1.29 is 33.0 Å². The molecule has 3 fully saturated rings. The highest BCUT2D eigenvalue weighted by atomic mass is 19.3. The molecule has 6 rings (SSSR count). The number of halogens is 2. The number of ether oxygens (including phenoxy) is 1. The highest BCUT2D eigenvalue weighted by Crippen LogP contribution is 2.63. The first kappa shape index (κ1) is 30.2. The monoisotopic (exact) mass is 545 g/mol. The minimum atomic E-state index is -2.97. The number of amides is 2. The summed E-state index contributed by atoms with van der Waals surface area (Å²) in [6.07, 6.45) is 1.57. The van der Waals surface area contributed by atoms with E-state index in [9.17, 15) is 13.6 Å². The third-order valence-corrected chi connectivity index (χ3v) is 8.06. The molecule has 0 radical (unpaired) electrons. The predicted octanol–water partition coefficient (Wildman–Crippen LogP) is 3.40. The van der Waals surface area contributed by atoms with Crippen LogP contribution in [0.2, 0.25) is 0 Å². The first-order chi connectivity index (χ1) is 18.6. The number of nitrogens with one attached hydrogen (secondary N) is 1. The van der Waals surface area contributed by atoms with Crippen molar-refractivity contribution in [3.63, 3.8) is 0 Å². The number of benzene rings is 2. The van der Waals surface area contributed by atoms with Crippen molar-refractivity contribution >= 4 is 18.8 Å². The quantitative estimate of drug-likeness (QED) is 0.498. The average molecular weight is 546 g/mol. The molecule has 2 aromatic rings. The third kappa shape index (κ3) is 6.12. The summed E-state index contributed by atoms with van der Waals surface area (Å²) in [4.78, 5) is 32.0. The number of nitrogens with zero attached hydrogens (tertiary/aromatic N) is 1.